The first-order chi connectivity index (χ1) is 15.7. The molecule has 0 unspecified atom stereocenters. The Balaban J connectivity index is 1.49. The molecule has 1 aliphatic carbocycles. The molecule has 2 amide bonds. The molecule has 0 radical (unpaired) electrons. The molecule has 2 heterocycles. The fourth-order valence-corrected chi connectivity index (χ4v) is 6.69. The lowest BCUT2D eigenvalue weighted by atomic mass is 9.92. The maximum Gasteiger partial charge on any atom is 0.328 e. The summed E-state index contributed by atoms with van der Waals surface area (Å²) in [5.74, 6) is 0. The van der Waals surface area contributed by atoms with Gasteiger partial charge in [0, 0.05) is 11.6 Å². The third kappa shape index (κ3) is 5.22. The topological polar surface area (TPSA) is 93.1 Å². The molecule has 0 fully saturated rings. The van der Waals surface area contributed by atoms with E-state index in [2.05, 4.69) is 10.4 Å². The summed E-state index contributed by atoms with van der Waals surface area (Å²) in [6.07, 6.45) is 6.29. The van der Waals surface area contributed by atoms with Crippen LogP contribution in [0.15, 0.2) is 40.7 Å². The van der Waals surface area contributed by atoms with Crippen molar-refractivity contribution in [3.8, 4) is 5.69 Å². The number of urea groups is 1. The molecule has 1 aromatic carbocycles. The Bertz CT molecular complexity index is 1340. The van der Waals surface area contributed by atoms with Gasteiger partial charge in [0.05, 0.1) is 26.9 Å². The standard InChI is InChI=1S/C21H19Cl3N4O3S2/c1-12-9-18(32-20(12)24)33(30,31)27-21(29)25-8-7-13-3-2-4-14-11-26-28(19(13)14)17-6-5-15(22)10-16(17)23/h5-7,9-11H,2-4,8H2,1H3,(H2,25,27,29)/b13-7+. The number of hydrogen-bond donors (Lipinski definition) is 2. The van der Waals surface area contributed by atoms with Crippen LogP contribution < -0.4 is 10.0 Å². The maximum atomic E-state index is 12.4. The van der Waals surface area contributed by atoms with Crippen molar-refractivity contribution >= 4 is 67.8 Å². The van der Waals surface area contributed by atoms with E-state index < -0.39 is 16.1 Å². The van der Waals surface area contributed by atoms with Gasteiger partial charge in [-0.25, -0.2) is 22.6 Å². The van der Waals surface area contributed by atoms with Crippen LogP contribution in [0, 0.1) is 6.92 Å². The molecule has 0 saturated heterocycles. The lowest BCUT2D eigenvalue weighted by Gasteiger charge is -2.19. The molecule has 0 saturated carbocycles. The Labute approximate surface area is 210 Å². The number of carbonyl (C=O) groups is 1. The Hall–Kier alpha value is -2.04. The molecule has 2 aromatic heterocycles. The van der Waals surface area contributed by atoms with Gasteiger partial charge in [0.1, 0.15) is 4.21 Å². The summed E-state index contributed by atoms with van der Waals surface area (Å²) in [5.41, 5.74) is 4.33. The van der Waals surface area contributed by atoms with Crippen molar-refractivity contribution in [2.24, 2.45) is 0 Å². The number of rotatable bonds is 5. The second-order valence-electron chi connectivity index (χ2n) is 7.45. The third-order valence-electron chi connectivity index (χ3n) is 5.12. The van der Waals surface area contributed by atoms with E-state index in [0.29, 0.717) is 25.6 Å². The first-order valence-electron chi connectivity index (χ1n) is 9.94. The molecule has 2 N–H and O–H groups in total. The normalized spacial score (nSPS) is 14.8. The monoisotopic (exact) mass is 544 g/mol. The van der Waals surface area contributed by atoms with Crippen LogP contribution in [0.3, 0.4) is 0 Å². The highest BCUT2D eigenvalue weighted by atomic mass is 35.5. The zero-order valence-electron chi connectivity index (χ0n) is 17.4. The summed E-state index contributed by atoms with van der Waals surface area (Å²) in [6.45, 7) is 1.84. The zero-order valence-corrected chi connectivity index (χ0v) is 21.3. The molecule has 12 heteroatoms. The van der Waals surface area contributed by atoms with Gasteiger partial charge in [-0.05, 0) is 67.2 Å². The molecule has 33 heavy (non-hydrogen) atoms. The number of thiophene rings is 1. The van der Waals surface area contributed by atoms with Gasteiger partial charge in [-0.3, -0.25) is 0 Å². The molecule has 0 aliphatic heterocycles. The minimum atomic E-state index is -4.00. The lowest BCUT2D eigenvalue weighted by molar-refractivity contribution is 0.247. The summed E-state index contributed by atoms with van der Waals surface area (Å²) < 4.78 is 28.9. The predicted octanol–water partition coefficient (Wildman–Crippen LogP) is 5.61. The number of benzene rings is 1. The fourth-order valence-electron chi connectivity index (χ4n) is 3.57. The van der Waals surface area contributed by atoms with Crippen molar-refractivity contribution in [1.82, 2.24) is 19.8 Å². The van der Waals surface area contributed by atoms with Gasteiger partial charge in [0.2, 0.25) is 0 Å². The number of aryl methyl sites for hydroxylation is 2. The third-order valence-corrected chi connectivity index (χ3v) is 9.01. The number of hydrogen-bond acceptors (Lipinski definition) is 5. The van der Waals surface area contributed by atoms with Gasteiger partial charge in [0.15, 0.2) is 0 Å². The number of fused-ring (bicyclic) bond motifs is 1. The summed E-state index contributed by atoms with van der Waals surface area (Å²) in [5, 5.41) is 8.08. The first kappa shape index (κ1) is 24.1. The molecule has 1 aliphatic rings. The van der Waals surface area contributed by atoms with Crippen molar-refractivity contribution in [2.75, 3.05) is 6.54 Å². The average Bonchev–Trinajstić information content (AvgIpc) is 3.32. The van der Waals surface area contributed by atoms with Crippen molar-refractivity contribution in [3.05, 3.63) is 67.7 Å². The molecular weight excluding hydrogens is 527 g/mol. The van der Waals surface area contributed by atoms with Gasteiger partial charge in [-0.1, -0.05) is 40.9 Å². The summed E-state index contributed by atoms with van der Waals surface area (Å²) in [7, 11) is -4.00. The van der Waals surface area contributed by atoms with Crippen LogP contribution in [0.1, 0.15) is 29.7 Å². The van der Waals surface area contributed by atoms with Crippen LogP contribution in [-0.2, 0) is 16.4 Å². The highest BCUT2D eigenvalue weighted by Gasteiger charge is 2.23. The molecule has 0 spiro atoms. The van der Waals surface area contributed by atoms with Gasteiger partial charge in [-0.2, -0.15) is 5.10 Å². The minimum absolute atomic E-state index is 0.0147. The number of amides is 2. The van der Waals surface area contributed by atoms with E-state index in [9.17, 15) is 13.2 Å². The van der Waals surface area contributed by atoms with Crippen molar-refractivity contribution in [2.45, 2.75) is 30.4 Å². The molecule has 0 bridgehead atoms. The highest BCUT2D eigenvalue weighted by molar-refractivity contribution is 7.92. The Morgan fingerprint density at radius 2 is 2.03 bits per heavy atom. The van der Waals surface area contributed by atoms with Crippen LogP contribution in [-0.4, -0.2) is 30.8 Å². The number of allylic oxidation sites excluding steroid dienone is 1. The number of halogens is 3. The van der Waals surface area contributed by atoms with Crippen LogP contribution in [0.2, 0.25) is 14.4 Å². The number of nitrogens with one attached hydrogen (secondary N) is 2. The maximum absolute atomic E-state index is 12.4. The molecule has 3 aromatic rings. The zero-order chi connectivity index (χ0) is 23.8. The predicted molar refractivity (Wildman–Crippen MR) is 132 cm³/mol. The van der Waals surface area contributed by atoms with E-state index in [4.69, 9.17) is 34.8 Å². The van der Waals surface area contributed by atoms with Crippen LogP contribution in [0.5, 0.6) is 0 Å². The van der Waals surface area contributed by atoms with E-state index in [0.717, 1.165) is 47.4 Å². The fraction of sp³-hybridized carbons (Fsp3) is 0.238. The molecule has 4 rings (SSSR count). The highest BCUT2D eigenvalue weighted by Crippen LogP contribution is 2.34. The van der Waals surface area contributed by atoms with Gasteiger partial charge in [0.25, 0.3) is 10.0 Å². The number of sulfonamides is 1. The molecule has 174 valence electrons. The Morgan fingerprint density at radius 3 is 2.73 bits per heavy atom. The lowest BCUT2D eigenvalue weighted by Crippen LogP contribution is -2.39. The first-order valence-corrected chi connectivity index (χ1v) is 13.4. The second kappa shape index (κ2) is 9.68. The van der Waals surface area contributed by atoms with Gasteiger partial charge >= 0.3 is 6.03 Å². The van der Waals surface area contributed by atoms with E-state index in [-0.39, 0.29) is 10.8 Å². The second-order valence-corrected chi connectivity index (χ2v) is 11.9. The summed E-state index contributed by atoms with van der Waals surface area (Å²) >= 11 is 19.3. The number of nitrogens with zero attached hydrogens (tertiary/aromatic N) is 2. The quantitative estimate of drug-likeness (QED) is 0.436. The number of aromatic nitrogens is 2. The van der Waals surface area contributed by atoms with Crippen LogP contribution in [0.25, 0.3) is 11.3 Å². The van der Waals surface area contributed by atoms with Crippen LogP contribution >= 0.6 is 46.1 Å². The van der Waals surface area contributed by atoms with Crippen molar-refractivity contribution in [1.29, 1.82) is 0 Å². The molecule has 0 atom stereocenters. The summed E-state index contributed by atoms with van der Waals surface area (Å²) in [6, 6.07) is 5.82. The largest absolute Gasteiger partial charge is 0.334 e. The SMILES string of the molecule is Cc1cc(S(=O)(=O)NC(=O)NC/C=C2\CCCc3cnn(-c4ccc(Cl)cc4Cl)c32)sc1Cl. The summed E-state index contributed by atoms with van der Waals surface area (Å²) in [4.78, 5) is 12.2. The van der Waals surface area contributed by atoms with Gasteiger partial charge < -0.3 is 5.32 Å². The molecular formula is C21H19Cl3N4O3S2. The van der Waals surface area contributed by atoms with Crippen LogP contribution in [0.4, 0.5) is 4.79 Å². The van der Waals surface area contributed by atoms with Crippen molar-refractivity contribution < 1.29 is 13.2 Å². The smallest absolute Gasteiger partial charge is 0.328 e. The van der Waals surface area contributed by atoms with E-state index in [1.165, 1.54) is 6.07 Å². The van der Waals surface area contributed by atoms with E-state index in [1.807, 2.05) is 17.0 Å². The van der Waals surface area contributed by atoms with Gasteiger partial charge in [-0.15, -0.1) is 11.3 Å². The van der Waals surface area contributed by atoms with E-state index >= 15 is 0 Å². The number of carbonyl (C=O) groups excluding carboxylic acids is 1. The Kier molecular flexibility index (Phi) is 7.07. The molecule has 7 nitrogen and oxygen atoms in total. The minimum Gasteiger partial charge on any atom is -0.334 e. The van der Waals surface area contributed by atoms with E-state index in [1.54, 1.807) is 29.8 Å². The Morgan fingerprint density at radius 1 is 1.24 bits per heavy atom. The average molecular weight is 546 g/mol. The van der Waals surface area contributed by atoms with Crippen molar-refractivity contribution in [3.63, 3.8) is 0 Å².